The number of hydrogen-bond donors (Lipinski definition) is 2. The fraction of sp³-hybridized carbons (Fsp3) is 0.0952. The standard InChI is InChI=1S/C21H16F4N2O4S/c1-13-9-10-16(32(29,30)27-19-8-3-2-7-18(19)22)12-17(13)20(28)26-14-5-4-6-15(11-14)31-21(23,24)25/h2-12,27H,1H3,(H,26,28). The van der Waals surface area contributed by atoms with Crippen LogP contribution < -0.4 is 14.8 Å². The zero-order valence-corrected chi connectivity index (χ0v) is 17.2. The van der Waals surface area contributed by atoms with Crippen LogP contribution in [0.1, 0.15) is 15.9 Å². The summed E-state index contributed by atoms with van der Waals surface area (Å²) in [5.41, 5.74) is 0.119. The smallest absolute Gasteiger partial charge is 0.406 e. The van der Waals surface area contributed by atoms with Crippen LogP contribution in [0, 0.1) is 12.7 Å². The monoisotopic (exact) mass is 468 g/mol. The number of rotatable bonds is 6. The molecule has 0 aliphatic rings. The maximum atomic E-state index is 13.8. The molecule has 3 aromatic carbocycles. The van der Waals surface area contributed by atoms with Crippen LogP contribution in [0.4, 0.5) is 28.9 Å². The zero-order valence-electron chi connectivity index (χ0n) is 16.4. The Morgan fingerprint density at radius 2 is 1.69 bits per heavy atom. The maximum Gasteiger partial charge on any atom is 0.573 e. The van der Waals surface area contributed by atoms with Gasteiger partial charge in [-0.05, 0) is 48.9 Å². The summed E-state index contributed by atoms with van der Waals surface area (Å²) in [5, 5.41) is 2.40. The first kappa shape index (κ1) is 23.1. The third kappa shape index (κ3) is 5.76. The zero-order chi connectivity index (χ0) is 23.5. The average Bonchev–Trinajstić information content (AvgIpc) is 2.68. The number of aryl methyl sites for hydroxylation is 1. The highest BCUT2D eigenvalue weighted by atomic mass is 32.2. The number of ether oxygens (including phenoxy) is 1. The molecule has 0 aliphatic carbocycles. The van der Waals surface area contributed by atoms with Crippen molar-refractivity contribution in [2.45, 2.75) is 18.2 Å². The average molecular weight is 468 g/mol. The second kappa shape index (κ2) is 8.87. The van der Waals surface area contributed by atoms with Gasteiger partial charge in [-0.2, -0.15) is 0 Å². The molecule has 0 saturated heterocycles. The normalized spacial score (nSPS) is 11.7. The quantitative estimate of drug-likeness (QED) is 0.494. The number of amides is 1. The summed E-state index contributed by atoms with van der Waals surface area (Å²) in [6, 6.07) is 13.5. The lowest BCUT2D eigenvalue weighted by atomic mass is 10.1. The SMILES string of the molecule is Cc1ccc(S(=O)(=O)Nc2ccccc2F)cc1C(=O)Nc1cccc(OC(F)(F)F)c1. The second-order valence-electron chi connectivity index (χ2n) is 6.59. The van der Waals surface area contributed by atoms with Crippen LogP contribution >= 0.6 is 0 Å². The van der Waals surface area contributed by atoms with Crippen LogP contribution in [-0.4, -0.2) is 20.7 Å². The lowest BCUT2D eigenvalue weighted by Crippen LogP contribution is -2.18. The molecule has 0 aliphatic heterocycles. The Kier molecular flexibility index (Phi) is 6.40. The van der Waals surface area contributed by atoms with Gasteiger partial charge in [-0.15, -0.1) is 13.2 Å². The van der Waals surface area contributed by atoms with Crippen LogP contribution in [0.2, 0.25) is 0 Å². The topological polar surface area (TPSA) is 84.5 Å². The Morgan fingerprint density at radius 1 is 0.969 bits per heavy atom. The molecular formula is C21H16F4N2O4S. The minimum absolute atomic E-state index is 0.00823. The van der Waals surface area contributed by atoms with Gasteiger partial charge >= 0.3 is 6.36 Å². The van der Waals surface area contributed by atoms with Crippen LogP contribution in [0.3, 0.4) is 0 Å². The highest BCUT2D eigenvalue weighted by Gasteiger charge is 2.31. The largest absolute Gasteiger partial charge is 0.573 e. The highest BCUT2D eigenvalue weighted by molar-refractivity contribution is 7.92. The fourth-order valence-corrected chi connectivity index (χ4v) is 3.82. The van der Waals surface area contributed by atoms with Gasteiger partial charge < -0.3 is 10.1 Å². The minimum Gasteiger partial charge on any atom is -0.406 e. The van der Waals surface area contributed by atoms with Crippen LogP contribution in [-0.2, 0) is 10.0 Å². The molecule has 2 N–H and O–H groups in total. The first-order valence-corrected chi connectivity index (χ1v) is 10.5. The van der Waals surface area contributed by atoms with Gasteiger partial charge in [-0.25, -0.2) is 12.8 Å². The molecular weight excluding hydrogens is 452 g/mol. The van der Waals surface area contributed by atoms with Crippen LogP contribution in [0.15, 0.2) is 71.6 Å². The van der Waals surface area contributed by atoms with E-state index in [1.54, 1.807) is 6.92 Å². The molecule has 0 bridgehead atoms. The Hall–Kier alpha value is -3.60. The summed E-state index contributed by atoms with van der Waals surface area (Å²) in [4.78, 5) is 12.4. The first-order chi connectivity index (χ1) is 14.9. The van der Waals surface area contributed by atoms with Crippen molar-refractivity contribution < 1.29 is 35.5 Å². The predicted molar refractivity (Wildman–Crippen MR) is 109 cm³/mol. The summed E-state index contributed by atoms with van der Waals surface area (Å²) in [5.74, 6) is -2.06. The van der Waals surface area contributed by atoms with Gasteiger partial charge in [0, 0.05) is 17.3 Å². The summed E-state index contributed by atoms with van der Waals surface area (Å²) in [6.45, 7) is 1.55. The number of benzene rings is 3. The van der Waals surface area contributed by atoms with Crippen molar-refractivity contribution in [2.75, 3.05) is 10.0 Å². The van der Waals surface area contributed by atoms with Gasteiger partial charge in [0.05, 0.1) is 10.6 Å². The molecule has 0 saturated carbocycles. The van der Waals surface area contributed by atoms with Gasteiger partial charge in [0.2, 0.25) is 0 Å². The highest BCUT2D eigenvalue weighted by Crippen LogP contribution is 2.26. The van der Waals surface area contributed by atoms with E-state index in [-0.39, 0.29) is 21.8 Å². The molecule has 0 radical (unpaired) electrons. The molecule has 11 heteroatoms. The Morgan fingerprint density at radius 3 is 2.38 bits per heavy atom. The fourth-order valence-electron chi connectivity index (χ4n) is 2.73. The van der Waals surface area contributed by atoms with E-state index in [1.807, 2.05) is 0 Å². The van der Waals surface area contributed by atoms with Crippen molar-refractivity contribution in [2.24, 2.45) is 0 Å². The van der Waals surface area contributed by atoms with Crippen LogP contribution in [0.5, 0.6) is 5.75 Å². The third-order valence-electron chi connectivity index (χ3n) is 4.21. The Bertz CT molecular complexity index is 1260. The molecule has 0 atom stereocenters. The molecule has 3 rings (SSSR count). The number of carbonyl (C=O) groups is 1. The number of nitrogens with one attached hydrogen (secondary N) is 2. The number of carbonyl (C=O) groups excluding carboxylic acids is 1. The summed E-state index contributed by atoms with van der Waals surface area (Å²) in [7, 11) is -4.22. The summed E-state index contributed by atoms with van der Waals surface area (Å²) < 4.78 is 82.2. The lowest BCUT2D eigenvalue weighted by Gasteiger charge is -2.13. The minimum atomic E-state index is -4.90. The number of alkyl halides is 3. The van der Waals surface area contributed by atoms with E-state index in [2.05, 4.69) is 14.8 Å². The molecule has 1 amide bonds. The number of hydrogen-bond acceptors (Lipinski definition) is 4. The molecule has 0 unspecified atom stereocenters. The van der Waals surface area contributed by atoms with E-state index in [9.17, 15) is 30.8 Å². The molecule has 3 aromatic rings. The molecule has 0 spiro atoms. The van der Waals surface area contributed by atoms with Crippen molar-refractivity contribution in [3.8, 4) is 5.75 Å². The van der Waals surface area contributed by atoms with Crippen LogP contribution in [0.25, 0.3) is 0 Å². The van der Waals surface area contributed by atoms with Gasteiger partial charge in [0.25, 0.3) is 15.9 Å². The van der Waals surface area contributed by atoms with E-state index in [1.165, 1.54) is 42.5 Å². The van der Waals surface area contributed by atoms with E-state index < -0.39 is 33.9 Å². The van der Waals surface area contributed by atoms with E-state index in [0.29, 0.717) is 5.56 Å². The number of halogens is 4. The molecule has 168 valence electrons. The molecule has 0 fully saturated rings. The molecule has 32 heavy (non-hydrogen) atoms. The predicted octanol–water partition coefficient (Wildman–Crippen LogP) is 5.09. The lowest BCUT2D eigenvalue weighted by molar-refractivity contribution is -0.274. The van der Waals surface area contributed by atoms with Crippen molar-refractivity contribution >= 4 is 27.3 Å². The maximum absolute atomic E-state index is 13.8. The Balaban J connectivity index is 1.85. The van der Waals surface area contributed by atoms with Gasteiger partial charge in [0.1, 0.15) is 11.6 Å². The van der Waals surface area contributed by atoms with E-state index >= 15 is 0 Å². The Labute approximate surface area is 180 Å². The molecule has 6 nitrogen and oxygen atoms in total. The summed E-state index contributed by atoms with van der Waals surface area (Å²) in [6.07, 6.45) is -4.90. The molecule has 0 heterocycles. The van der Waals surface area contributed by atoms with Gasteiger partial charge in [-0.1, -0.05) is 24.3 Å². The molecule has 0 aromatic heterocycles. The van der Waals surface area contributed by atoms with E-state index in [4.69, 9.17) is 0 Å². The van der Waals surface area contributed by atoms with Gasteiger partial charge in [0.15, 0.2) is 0 Å². The van der Waals surface area contributed by atoms with Crippen molar-refractivity contribution in [1.29, 1.82) is 0 Å². The number of anilines is 2. The second-order valence-corrected chi connectivity index (χ2v) is 8.27. The summed E-state index contributed by atoms with van der Waals surface area (Å²) >= 11 is 0. The number of sulfonamides is 1. The van der Waals surface area contributed by atoms with Crippen molar-refractivity contribution in [3.63, 3.8) is 0 Å². The number of para-hydroxylation sites is 1. The first-order valence-electron chi connectivity index (χ1n) is 9.00. The third-order valence-corrected chi connectivity index (χ3v) is 5.57. The van der Waals surface area contributed by atoms with Crippen molar-refractivity contribution in [1.82, 2.24) is 0 Å². The van der Waals surface area contributed by atoms with E-state index in [0.717, 1.165) is 24.3 Å². The van der Waals surface area contributed by atoms with Gasteiger partial charge in [-0.3, -0.25) is 9.52 Å². The van der Waals surface area contributed by atoms with Crippen molar-refractivity contribution in [3.05, 3.63) is 83.7 Å².